The first kappa shape index (κ1) is 17.5. The number of rotatable bonds is 6. The van der Waals surface area contributed by atoms with Gasteiger partial charge in [0.2, 0.25) is 0 Å². The fraction of sp³-hybridized carbons (Fsp3) is 0.200. The number of hydrogen-bond acceptors (Lipinski definition) is 3. The van der Waals surface area contributed by atoms with Crippen molar-refractivity contribution in [3.63, 3.8) is 0 Å². The summed E-state index contributed by atoms with van der Waals surface area (Å²) in [5, 5.41) is 2.70. The van der Waals surface area contributed by atoms with Crippen LogP contribution < -0.4 is 5.32 Å². The Hall–Kier alpha value is -2.88. The molecule has 0 aliphatic heterocycles. The first-order valence-electron chi connectivity index (χ1n) is 7.70. The molecule has 1 N–H and O–H groups in total. The Morgan fingerprint density at radius 2 is 1.62 bits per heavy atom. The quantitative estimate of drug-likeness (QED) is 0.653. The Morgan fingerprint density at radius 1 is 1.04 bits per heavy atom. The topological polar surface area (TPSA) is 55.4 Å². The third kappa shape index (κ3) is 4.56. The number of carbonyl (C=O) groups excluding carboxylic acids is 2. The molecular weight excluding hydrogens is 302 g/mol. The predicted octanol–water partition coefficient (Wildman–Crippen LogP) is 3.59. The summed E-state index contributed by atoms with van der Waals surface area (Å²) in [6, 6.07) is 16.4. The van der Waals surface area contributed by atoms with Gasteiger partial charge < -0.3 is 10.1 Å². The zero-order valence-corrected chi connectivity index (χ0v) is 13.9. The second-order valence-corrected chi connectivity index (χ2v) is 5.65. The average molecular weight is 323 g/mol. The molecule has 2 aromatic carbocycles. The number of benzene rings is 2. The van der Waals surface area contributed by atoms with E-state index in [-0.39, 0.29) is 5.91 Å². The fourth-order valence-electron chi connectivity index (χ4n) is 2.37. The Morgan fingerprint density at radius 3 is 2.17 bits per heavy atom. The van der Waals surface area contributed by atoms with E-state index < -0.39 is 12.0 Å². The van der Waals surface area contributed by atoms with Crippen molar-refractivity contribution in [3.8, 4) is 11.1 Å². The molecule has 1 atom stereocenters. The van der Waals surface area contributed by atoms with Gasteiger partial charge in [-0.25, -0.2) is 4.79 Å². The lowest BCUT2D eigenvalue weighted by atomic mass is 10.0. The molecule has 2 aromatic rings. The SMILES string of the molecule is C=C(C)C[C@@H](NC(=O)c1ccc(-c2ccccc2)cc1)C(=O)OC. The van der Waals surface area contributed by atoms with E-state index in [1.54, 1.807) is 19.1 Å². The van der Waals surface area contributed by atoms with Gasteiger partial charge in [-0.2, -0.15) is 0 Å². The van der Waals surface area contributed by atoms with Crippen LogP contribution in [0.15, 0.2) is 66.7 Å². The number of hydrogen-bond donors (Lipinski definition) is 1. The van der Waals surface area contributed by atoms with Crippen LogP contribution in [-0.4, -0.2) is 25.0 Å². The predicted molar refractivity (Wildman–Crippen MR) is 94.6 cm³/mol. The number of carbonyl (C=O) groups is 2. The van der Waals surface area contributed by atoms with Crippen molar-refractivity contribution in [1.29, 1.82) is 0 Å². The van der Waals surface area contributed by atoms with Gasteiger partial charge in [0.15, 0.2) is 0 Å². The van der Waals surface area contributed by atoms with E-state index in [1.807, 2.05) is 42.5 Å². The molecule has 0 saturated heterocycles. The van der Waals surface area contributed by atoms with Crippen LogP contribution in [0.1, 0.15) is 23.7 Å². The van der Waals surface area contributed by atoms with Gasteiger partial charge in [-0.05, 0) is 36.6 Å². The van der Waals surface area contributed by atoms with E-state index >= 15 is 0 Å². The molecule has 0 unspecified atom stereocenters. The number of ether oxygens (including phenoxy) is 1. The molecule has 0 aromatic heterocycles. The van der Waals surface area contributed by atoms with Crippen molar-refractivity contribution in [2.45, 2.75) is 19.4 Å². The number of methoxy groups -OCH3 is 1. The van der Waals surface area contributed by atoms with Gasteiger partial charge in [0.25, 0.3) is 5.91 Å². The molecule has 124 valence electrons. The zero-order valence-electron chi connectivity index (χ0n) is 13.9. The lowest BCUT2D eigenvalue weighted by Crippen LogP contribution is -2.41. The molecule has 0 spiro atoms. The lowest BCUT2D eigenvalue weighted by molar-refractivity contribution is -0.142. The van der Waals surface area contributed by atoms with Crippen molar-refractivity contribution in [2.75, 3.05) is 7.11 Å². The van der Waals surface area contributed by atoms with E-state index in [4.69, 9.17) is 4.74 Å². The highest BCUT2D eigenvalue weighted by Crippen LogP contribution is 2.19. The highest BCUT2D eigenvalue weighted by Gasteiger charge is 2.22. The van der Waals surface area contributed by atoms with E-state index in [0.29, 0.717) is 12.0 Å². The summed E-state index contributed by atoms with van der Waals surface area (Å²) in [4.78, 5) is 24.1. The van der Waals surface area contributed by atoms with Crippen LogP contribution in [0.25, 0.3) is 11.1 Å². The summed E-state index contributed by atoms with van der Waals surface area (Å²) >= 11 is 0. The van der Waals surface area contributed by atoms with Gasteiger partial charge in [-0.15, -0.1) is 6.58 Å². The minimum Gasteiger partial charge on any atom is -0.467 e. The highest BCUT2D eigenvalue weighted by atomic mass is 16.5. The second kappa shape index (κ2) is 8.11. The van der Waals surface area contributed by atoms with Crippen LogP contribution in [-0.2, 0) is 9.53 Å². The molecule has 24 heavy (non-hydrogen) atoms. The van der Waals surface area contributed by atoms with E-state index in [2.05, 4.69) is 11.9 Å². The summed E-state index contributed by atoms with van der Waals surface area (Å²) in [6.45, 7) is 5.58. The van der Waals surface area contributed by atoms with Crippen molar-refractivity contribution in [1.82, 2.24) is 5.32 Å². The Bertz CT molecular complexity index is 720. The molecule has 0 aliphatic rings. The summed E-state index contributed by atoms with van der Waals surface area (Å²) < 4.78 is 4.73. The molecule has 0 saturated carbocycles. The Kier molecular flexibility index (Phi) is 5.90. The molecule has 0 radical (unpaired) electrons. The largest absolute Gasteiger partial charge is 0.467 e. The van der Waals surface area contributed by atoms with E-state index in [1.165, 1.54) is 7.11 Å². The van der Waals surface area contributed by atoms with Gasteiger partial charge in [0, 0.05) is 5.56 Å². The maximum Gasteiger partial charge on any atom is 0.328 e. The van der Waals surface area contributed by atoms with E-state index in [9.17, 15) is 9.59 Å². The zero-order chi connectivity index (χ0) is 17.5. The summed E-state index contributed by atoms with van der Waals surface area (Å²) in [6.07, 6.45) is 0.348. The third-order valence-electron chi connectivity index (χ3n) is 3.60. The minimum absolute atomic E-state index is 0.314. The van der Waals surface area contributed by atoms with Crippen molar-refractivity contribution >= 4 is 11.9 Å². The standard InChI is InChI=1S/C20H21NO3/c1-14(2)13-18(20(23)24-3)21-19(22)17-11-9-16(10-12-17)15-7-5-4-6-8-15/h4-12,18H,1,13H2,2-3H3,(H,21,22)/t18-/m1/s1. The maximum atomic E-state index is 12.4. The minimum atomic E-state index is -0.728. The number of nitrogens with one attached hydrogen (secondary N) is 1. The molecule has 0 fully saturated rings. The van der Waals surface area contributed by atoms with Crippen LogP contribution >= 0.6 is 0 Å². The van der Waals surface area contributed by atoms with Crippen molar-refractivity contribution in [3.05, 3.63) is 72.3 Å². The summed E-state index contributed by atoms with van der Waals surface area (Å²) in [5.41, 5.74) is 3.40. The van der Waals surface area contributed by atoms with Gasteiger partial charge in [-0.1, -0.05) is 48.0 Å². The molecule has 0 bridgehead atoms. The van der Waals surface area contributed by atoms with Crippen LogP contribution in [0.4, 0.5) is 0 Å². The van der Waals surface area contributed by atoms with Crippen LogP contribution in [0, 0.1) is 0 Å². The maximum absolute atomic E-state index is 12.4. The van der Waals surface area contributed by atoms with Gasteiger partial charge >= 0.3 is 5.97 Å². The first-order valence-corrected chi connectivity index (χ1v) is 7.70. The monoisotopic (exact) mass is 323 g/mol. The fourth-order valence-corrected chi connectivity index (χ4v) is 2.37. The molecular formula is C20H21NO3. The number of amides is 1. The van der Waals surface area contributed by atoms with Gasteiger partial charge in [-0.3, -0.25) is 4.79 Å². The number of esters is 1. The van der Waals surface area contributed by atoms with Gasteiger partial charge in [0.1, 0.15) is 6.04 Å². The van der Waals surface area contributed by atoms with Crippen LogP contribution in [0.2, 0.25) is 0 Å². The molecule has 1 amide bonds. The van der Waals surface area contributed by atoms with Crippen molar-refractivity contribution < 1.29 is 14.3 Å². The second-order valence-electron chi connectivity index (χ2n) is 5.65. The van der Waals surface area contributed by atoms with Crippen LogP contribution in [0.5, 0.6) is 0 Å². The molecule has 0 aliphatic carbocycles. The third-order valence-corrected chi connectivity index (χ3v) is 3.60. The Labute approximate surface area is 142 Å². The molecule has 4 nitrogen and oxygen atoms in total. The summed E-state index contributed by atoms with van der Waals surface area (Å²) in [7, 11) is 1.30. The van der Waals surface area contributed by atoms with E-state index in [0.717, 1.165) is 16.7 Å². The molecule has 0 heterocycles. The van der Waals surface area contributed by atoms with Crippen LogP contribution in [0.3, 0.4) is 0 Å². The molecule has 4 heteroatoms. The highest BCUT2D eigenvalue weighted by molar-refractivity contribution is 5.97. The normalized spacial score (nSPS) is 11.4. The average Bonchev–Trinajstić information content (AvgIpc) is 2.61. The summed E-state index contributed by atoms with van der Waals surface area (Å²) in [5.74, 6) is -0.793. The smallest absolute Gasteiger partial charge is 0.328 e. The lowest BCUT2D eigenvalue weighted by Gasteiger charge is -2.16. The van der Waals surface area contributed by atoms with Gasteiger partial charge in [0.05, 0.1) is 7.11 Å². The Balaban J connectivity index is 2.11. The van der Waals surface area contributed by atoms with Crippen molar-refractivity contribution in [2.24, 2.45) is 0 Å². The molecule has 2 rings (SSSR count). The first-order chi connectivity index (χ1) is 11.5.